The third-order valence-electron chi connectivity index (χ3n) is 0.571. The van der Waals surface area contributed by atoms with E-state index in [4.69, 9.17) is 5.73 Å². The van der Waals surface area contributed by atoms with Crippen LogP contribution in [0, 0.1) is 0 Å². The lowest BCUT2D eigenvalue weighted by molar-refractivity contribution is 0.544. The number of hydrogen-bond acceptors (Lipinski definition) is 4. The Morgan fingerprint density at radius 1 is 1.88 bits per heavy atom. The van der Waals surface area contributed by atoms with Crippen LogP contribution in [0.25, 0.3) is 0 Å². The fourth-order valence-corrected chi connectivity index (χ4v) is 0.369. The molecule has 1 rings (SSSR count). The van der Waals surface area contributed by atoms with E-state index in [1.54, 1.807) is 0 Å². The van der Waals surface area contributed by atoms with Gasteiger partial charge >= 0.3 is 0 Å². The molecule has 0 unspecified atom stereocenters. The van der Waals surface area contributed by atoms with Gasteiger partial charge in [0.15, 0.2) is 4.99 Å². The highest BCUT2D eigenvalue weighted by molar-refractivity contribution is 7.80. The maximum atomic E-state index is 5.09. The van der Waals surface area contributed by atoms with Crippen LogP contribution in [0.2, 0.25) is 0 Å². The summed E-state index contributed by atoms with van der Waals surface area (Å²) in [6.45, 7) is 0. The van der Waals surface area contributed by atoms with E-state index in [-0.39, 0.29) is 10.9 Å². The molecule has 0 bridgehead atoms. The molecular weight excluding hydrogens is 126 g/mol. The van der Waals surface area contributed by atoms with E-state index in [0.717, 1.165) is 0 Å². The lowest BCUT2D eigenvalue weighted by atomic mass is 10.7. The Kier molecular flexibility index (Phi) is 1.21. The van der Waals surface area contributed by atoms with Gasteiger partial charge in [0, 0.05) is 0 Å². The molecule has 0 aliphatic carbocycles. The van der Waals surface area contributed by atoms with Crippen LogP contribution in [0.4, 0.5) is 0 Å². The van der Waals surface area contributed by atoms with Gasteiger partial charge in [-0.1, -0.05) is 12.2 Å². The molecular formula is C3H3N3OS. The molecule has 8 heavy (non-hydrogen) atoms. The predicted molar refractivity (Wildman–Crippen MR) is 30.2 cm³/mol. The summed E-state index contributed by atoms with van der Waals surface area (Å²) >= 11 is 4.50. The van der Waals surface area contributed by atoms with Crippen molar-refractivity contribution in [3.8, 4) is 0 Å². The highest BCUT2D eigenvalue weighted by Gasteiger charge is 1.98. The highest BCUT2D eigenvalue weighted by atomic mass is 32.1. The minimum absolute atomic E-state index is 0.127. The van der Waals surface area contributed by atoms with Gasteiger partial charge in [0.1, 0.15) is 0 Å². The van der Waals surface area contributed by atoms with Crippen LogP contribution < -0.4 is 5.73 Å². The summed E-state index contributed by atoms with van der Waals surface area (Å²) in [5.74, 6) is 0.208. The smallest absolute Gasteiger partial charge is 0.274 e. The van der Waals surface area contributed by atoms with Crippen LogP contribution >= 0.6 is 12.2 Å². The number of aromatic nitrogens is 2. The normalized spacial score (nSPS) is 9.00. The van der Waals surface area contributed by atoms with Crippen molar-refractivity contribution in [2.75, 3.05) is 0 Å². The molecule has 4 nitrogen and oxygen atoms in total. The molecule has 5 heteroatoms. The highest BCUT2D eigenvalue weighted by Crippen LogP contribution is 1.88. The second-order valence-electron chi connectivity index (χ2n) is 1.11. The summed E-state index contributed by atoms with van der Waals surface area (Å²) in [5.41, 5.74) is 5.09. The van der Waals surface area contributed by atoms with E-state index < -0.39 is 0 Å². The number of hydrogen-bond donors (Lipinski definition) is 1. The first kappa shape index (κ1) is 5.17. The lowest BCUT2D eigenvalue weighted by Gasteiger charge is -1.80. The molecule has 1 aromatic rings. The van der Waals surface area contributed by atoms with Crippen molar-refractivity contribution in [2.45, 2.75) is 0 Å². The maximum absolute atomic E-state index is 5.09. The second kappa shape index (κ2) is 1.87. The number of nitrogens with zero attached hydrogens (tertiary/aromatic N) is 2. The minimum atomic E-state index is 0.127. The van der Waals surface area contributed by atoms with Crippen molar-refractivity contribution in [3.05, 3.63) is 12.3 Å². The minimum Gasteiger partial charge on any atom is -0.422 e. The average Bonchev–Trinajstić information content (AvgIpc) is 2.12. The van der Waals surface area contributed by atoms with E-state index in [0.29, 0.717) is 0 Å². The molecule has 0 radical (unpaired) electrons. The standard InChI is InChI=1S/C3H3N3OS/c4-2(8)3-6-5-1-7-3/h1H,(H2,4,8). The van der Waals surface area contributed by atoms with Gasteiger partial charge in [-0.3, -0.25) is 0 Å². The van der Waals surface area contributed by atoms with Gasteiger partial charge in [0.2, 0.25) is 6.39 Å². The van der Waals surface area contributed by atoms with Gasteiger partial charge in [0.05, 0.1) is 0 Å². The third-order valence-corrected chi connectivity index (χ3v) is 0.745. The fraction of sp³-hybridized carbons (Fsp3) is 0. The summed E-state index contributed by atoms with van der Waals surface area (Å²) in [6, 6.07) is 0. The molecule has 0 amide bonds. The van der Waals surface area contributed by atoms with E-state index in [9.17, 15) is 0 Å². The molecule has 0 fully saturated rings. The molecule has 0 saturated carbocycles. The van der Waals surface area contributed by atoms with E-state index in [1.165, 1.54) is 6.39 Å². The second-order valence-corrected chi connectivity index (χ2v) is 1.55. The Morgan fingerprint density at radius 3 is 2.88 bits per heavy atom. The molecule has 0 aromatic carbocycles. The van der Waals surface area contributed by atoms with Crippen molar-refractivity contribution in [3.63, 3.8) is 0 Å². The largest absolute Gasteiger partial charge is 0.422 e. The summed E-state index contributed by atoms with van der Waals surface area (Å²) in [5, 5.41) is 6.79. The molecule has 0 atom stereocenters. The zero-order valence-corrected chi connectivity index (χ0v) is 4.68. The molecule has 0 spiro atoms. The van der Waals surface area contributed by atoms with Crippen molar-refractivity contribution in [1.29, 1.82) is 0 Å². The lowest BCUT2D eigenvalue weighted by Crippen LogP contribution is -2.09. The van der Waals surface area contributed by atoms with Gasteiger partial charge in [0.25, 0.3) is 5.89 Å². The quantitative estimate of drug-likeness (QED) is 0.527. The first-order valence-electron chi connectivity index (χ1n) is 1.86. The summed E-state index contributed by atoms with van der Waals surface area (Å²) in [7, 11) is 0. The SMILES string of the molecule is NC(=S)c1nnco1. The van der Waals surface area contributed by atoms with E-state index >= 15 is 0 Å². The van der Waals surface area contributed by atoms with E-state index in [1.807, 2.05) is 0 Å². The molecule has 2 N–H and O–H groups in total. The zero-order valence-electron chi connectivity index (χ0n) is 3.87. The van der Waals surface area contributed by atoms with Gasteiger partial charge in [-0.25, -0.2) is 0 Å². The zero-order chi connectivity index (χ0) is 5.98. The summed E-state index contributed by atoms with van der Waals surface area (Å²) in [6.07, 6.45) is 1.18. The molecule has 0 aliphatic rings. The van der Waals surface area contributed by atoms with Crippen LogP contribution in [0.5, 0.6) is 0 Å². The van der Waals surface area contributed by atoms with Crippen LogP contribution in [0.3, 0.4) is 0 Å². The Hall–Kier alpha value is -0.970. The molecule has 42 valence electrons. The average molecular weight is 129 g/mol. The first-order chi connectivity index (χ1) is 3.80. The van der Waals surface area contributed by atoms with Gasteiger partial charge in [-0.2, -0.15) is 0 Å². The van der Waals surface area contributed by atoms with E-state index in [2.05, 4.69) is 26.8 Å². The Morgan fingerprint density at radius 2 is 2.62 bits per heavy atom. The Balaban J connectivity index is 2.93. The van der Waals surface area contributed by atoms with Crippen molar-refractivity contribution in [1.82, 2.24) is 10.2 Å². The number of nitrogens with two attached hydrogens (primary N) is 1. The number of rotatable bonds is 1. The van der Waals surface area contributed by atoms with Crippen LogP contribution in [0.1, 0.15) is 5.89 Å². The van der Waals surface area contributed by atoms with Gasteiger partial charge in [-0.15, -0.1) is 10.2 Å². The first-order valence-corrected chi connectivity index (χ1v) is 2.27. The molecule has 1 heterocycles. The third kappa shape index (κ3) is 0.812. The Bertz CT molecular complexity index is 182. The van der Waals surface area contributed by atoms with Crippen molar-refractivity contribution in [2.24, 2.45) is 5.73 Å². The van der Waals surface area contributed by atoms with Crippen LogP contribution in [-0.4, -0.2) is 15.2 Å². The summed E-state index contributed by atoms with van der Waals surface area (Å²) < 4.78 is 4.61. The van der Waals surface area contributed by atoms with Crippen molar-refractivity contribution >= 4 is 17.2 Å². The topological polar surface area (TPSA) is 64.9 Å². The monoisotopic (exact) mass is 129 g/mol. The molecule has 0 saturated heterocycles. The summed E-state index contributed by atoms with van der Waals surface area (Å²) in [4.78, 5) is 0.127. The van der Waals surface area contributed by atoms with Gasteiger partial charge in [-0.05, 0) is 0 Å². The van der Waals surface area contributed by atoms with Crippen molar-refractivity contribution < 1.29 is 4.42 Å². The molecule has 0 aliphatic heterocycles. The molecule has 1 aromatic heterocycles. The van der Waals surface area contributed by atoms with Crippen LogP contribution in [0.15, 0.2) is 10.8 Å². The Labute approximate surface area is 50.7 Å². The number of thiocarbonyl (C=S) groups is 1. The fourth-order valence-electron chi connectivity index (χ4n) is 0.280. The van der Waals surface area contributed by atoms with Gasteiger partial charge < -0.3 is 10.2 Å². The maximum Gasteiger partial charge on any atom is 0.274 e. The predicted octanol–water partition coefficient (Wildman–Crippen LogP) is -0.296. The van der Waals surface area contributed by atoms with Crippen LogP contribution in [-0.2, 0) is 0 Å².